The van der Waals surface area contributed by atoms with Crippen LogP contribution in [-0.4, -0.2) is 41.5 Å². The van der Waals surface area contributed by atoms with Crippen molar-refractivity contribution < 1.29 is 23.9 Å². The highest BCUT2D eigenvalue weighted by atomic mass is 16.7. The molecule has 0 bridgehead atoms. The van der Waals surface area contributed by atoms with Gasteiger partial charge in [-0.3, -0.25) is 9.59 Å². The lowest BCUT2D eigenvalue weighted by Crippen LogP contribution is -2.53. The molecule has 0 heterocycles. The Morgan fingerprint density at radius 1 is 0.897 bits per heavy atom. The van der Waals surface area contributed by atoms with Crippen LogP contribution < -0.4 is 16.2 Å². The van der Waals surface area contributed by atoms with Crippen molar-refractivity contribution in [3.8, 4) is 5.75 Å². The molecule has 8 heteroatoms. The Balaban J connectivity index is 1.63. The lowest BCUT2D eigenvalue weighted by molar-refractivity contribution is -0.139. The van der Waals surface area contributed by atoms with Crippen molar-refractivity contribution in [3.05, 3.63) is 101 Å². The molecule has 4 N–H and O–H groups in total. The first-order chi connectivity index (χ1) is 18.7. The van der Waals surface area contributed by atoms with E-state index in [0.717, 1.165) is 34.2 Å². The number of amides is 2. The van der Waals surface area contributed by atoms with E-state index in [-0.39, 0.29) is 18.9 Å². The van der Waals surface area contributed by atoms with Crippen LogP contribution in [0, 0.1) is 13.8 Å². The van der Waals surface area contributed by atoms with Crippen LogP contribution in [0.3, 0.4) is 0 Å². The number of aryl methyl sites for hydroxylation is 3. The molecular formula is C31H37N3O5. The van der Waals surface area contributed by atoms with E-state index >= 15 is 0 Å². The molecule has 0 aromatic heterocycles. The van der Waals surface area contributed by atoms with Crippen molar-refractivity contribution in [2.75, 3.05) is 6.54 Å². The van der Waals surface area contributed by atoms with E-state index in [0.29, 0.717) is 18.7 Å². The third-order valence-electron chi connectivity index (χ3n) is 6.68. The number of rotatable bonds is 12. The molecule has 2 atom stereocenters. The number of nitrogens with zero attached hydrogens (tertiary/aromatic N) is 1. The average molecular weight is 532 g/mol. The van der Waals surface area contributed by atoms with Crippen LogP contribution in [0.15, 0.2) is 72.8 Å². The summed E-state index contributed by atoms with van der Waals surface area (Å²) in [6, 6.07) is 21.0. The maximum absolute atomic E-state index is 13.4. The zero-order valence-electron chi connectivity index (χ0n) is 22.8. The Morgan fingerprint density at radius 2 is 1.46 bits per heavy atom. The standard InChI is InChI=1S/C31H37N3O5/c1-21-17-26(39-31(37)38-20-25-13-8-5-9-14-25)18-22(2)27(21)19-28(32)30(36)34(23(3)29(33)35)16-10-15-24-11-6-4-7-12-24/h4-9,11-14,17-18,23,28H,10,15-16,19-20,32H2,1-3H3,(H2,33,35)/t23-,28+/m1/s1. The zero-order chi connectivity index (χ0) is 28.4. The second kappa shape index (κ2) is 14.1. The summed E-state index contributed by atoms with van der Waals surface area (Å²) in [5, 5.41) is 0. The minimum absolute atomic E-state index is 0.109. The highest BCUT2D eigenvalue weighted by Crippen LogP contribution is 2.24. The molecule has 0 aliphatic rings. The second-order valence-electron chi connectivity index (χ2n) is 9.67. The molecule has 206 valence electrons. The summed E-state index contributed by atoms with van der Waals surface area (Å²) in [5.74, 6) is -0.571. The van der Waals surface area contributed by atoms with Gasteiger partial charge in [-0.25, -0.2) is 4.79 Å². The first-order valence-corrected chi connectivity index (χ1v) is 13.0. The van der Waals surface area contributed by atoms with E-state index in [1.807, 2.05) is 74.5 Å². The molecule has 0 spiro atoms. The molecule has 2 amide bonds. The first-order valence-electron chi connectivity index (χ1n) is 13.0. The van der Waals surface area contributed by atoms with Crippen molar-refractivity contribution in [2.45, 2.75) is 58.7 Å². The van der Waals surface area contributed by atoms with Gasteiger partial charge in [-0.1, -0.05) is 60.7 Å². The van der Waals surface area contributed by atoms with Gasteiger partial charge < -0.3 is 25.8 Å². The predicted molar refractivity (Wildman–Crippen MR) is 150 cm³/mol. The molecule has 0 fully saturated rings. The van der Waals surface area contributed by atoms with Gasteiger partial charge in [-0.2, -0.15) is 0 Å². The van der Waals surface area contributed by atoms with Crippen LogP contribution in [0.5, 0.6) is 5.75 Å². The van der Waals surface area contributed by atoms with Crippen molar-refractivity contribution in [1.29, 1.82) is 0 Å². The minimum Gasteiger partial charge on any atom is -0.429 e. The van der Waals surface area contributed by atoms with Gasteiger partial charge in [0.1, 0.15) is 18.4 Å². The van der Waals surface area contributed by atoms with Crippen molar-refractivity contribution in [2.24, 2.45) is 11.5 Å². The fraction of sp³-hybridized carbons (Fsp3) is 0.323. The van der Waals surface area contributed by atoms with Crippen LogP contribution in [0.1, 0.15) is 41.2 Å². The molecule has 0 radical (unpaired) electrons. The average Bonchev–Trinajstić information content (AvgIpc) is 2.92. The SMILES string of the molecule is Cc1cc(OC(=O)OCc2ccccc2)cc(C)c1C[C@H](N)C(=O)N(CCCc1ccccc1)[C@H](C)C(N)=O. The number of carbonyl (C=O) groups is 3. The number of primary amides is 1. The van der Waals surface area contributed by atoms with Crippen LogP contribution >= 0.6 is 0 Å². The smallest absolute Gasteiger partial charge is 0.429 e. The van der Waals surface area contributed by atoms with Crippen LogP contribution in [-0.2, 0) is 33.8 Å². The van der Waals surface area contributed by atoms with Gasteiger partial charge in [0.05, 0.1) is 6.04 Å². The van der Waals surface area contributed by atoms with Crippen molar-refractivity contribution in [1.82, 2.24) is 4.90 Å². The summed E-state index contributed by atoms with van der Waals surface area (Å²) >= 11 is 0. The first kappa shape index (κ1) is 29.4. The van der Waals surface area contributed by atoms with Gasteiger partial charge in [-0.15, -0.1) is 0 Å². The molecular weight excluding hydrogens is 494 g/mol. The Hall–Kier alpha value is -4.17. The van der Waals surface area contributed by atoms with Gasteiger partial charge in [0.15, 0.2) is 0 Å². The van der Waals surface area contributed by atoms with Gasteiger partial charge in [-0.05, 0) is 80.0 Å². The molecule has 0 saturated carbocycles. The number of carbonyl (C=O) groups excluding carboxylic acids is 3. The lowest BCUT2D eigenvalue weighted by Gasteiger charge is -2.30. The van der Waals surface area contributed by atoms with Gasteiger partial charge in [0, 0.05) is 6.54 Å². The normalized spacial score (nSPS) is 12.3. The number of ether oxygens (including phenoxy) is 2. The van der Waals surface area contributed by atoms with E-state index in [1.54, 1.807) is 19.1 Å². The maximum atomic E-state index is 13.4. The monoisotopic (exact) mass is 531 g/mol. The summed E-state index contributed by atoms with van der Waals surface area (Å²) in [6.45, 7) is 5.82. The maximum Gasteiger partial charge on any atom is 0.514 e. The van der Waals surface area contributed by atoms with Gasteiger partial charge in [0.25, 0.3) is 0 Å². The quantitative estimate of drug-likeness (QED) is 0.266. The summed E-state index contributed by atoms with van der Waals surface area (Å²) in [7, 11) is 0. The molecule has 0 unspecified atom stereocenters. The van der Waals surface area contributed by atoms with Crippen molar-refractivity contribution in [3.63, 3.8) is 0 Å². The molecule has 8 nitrogen and oxygen atoms in total. The summed E-state index contributed by atoms with van der Waals surface area (Å²) in [4.78, 5) is 39.0. The molecule has 3 aromatic carbocycles. The summed E-state index contributed by atoms with van der Waals surface area (Å²) in [5.41, 5.74) is 16.4. The van der Waals surface area contributed by atoms with Crippen molar-refractivity contribution >= 4 is 18.0 Å². The van der Waals surface area contributed by atoms with E-state index in [9.17, 15) is 14.4 Å². The van der Waals surface area contributed by atoms with Gasteiger partial charge in [0.2, 0.25) is 11.8 Å². The predicted octanol–water partition coefficient (Wildman–Crippen LogP) is 4.22. The topological polar surface area (TPSA) is 125 Å². The van der Waals surface area contributed by atoms with Crippen LogP contribution in [0.4, 0.5) is 4.79 Å². The molecule has 0 aliphatic heterocycles. The Labute approximate surface area is 229 Å². The van der Waals surface area contributed by atoms with Crippen LogP contribution in [0.25, 0.3) is 0 Å². The Bertz CT molecular complexity index is 1240. The van der Waals surface area contributed by atoms with E-state index in [2.05, 4.69) is 0 Å². The lowest BCUT2D eigenvalue weighted by atomic mass is 9.95. The third kappa shape index (κ3) is 8.68. The molecule has 0 aliphatic carbocycles. The minimum atomic E-state index is -0.872. The molecule has 0 saturated heterocycles. The van der Waals surface area contributed by atoms with E-state index in [4.69, 9.17) is 20.9 Å². The third-order valence-corrected chi connectivity index (χ3v) is 6.68. The second-order valence-corrected chi connectivity index (χ2v) is 9.67. The Morgan fingerprint density at radius 3 is 2.03 bits per heavy atom. The highest BCUT2D eigenvalue weighted by molar-refractivity contribution is 5.89. The highest BCUT2D eigenvalue weighted by Gasteiger charge is 2.28. The van der Waals surface area contributed by atoms with Gasteiger partial charge >= 0.3 is 6.16 Å². The molecule has 3 aromatic rings. The fourth-order valence-electron chi connectivity index (χ4n) is 4.44. The number of nitrogens with two attached hydrogens (primary N) is 2. The largest absolute Gasteiger partial charge is 0.514 e. The number of hydrogen-bond acceptors (Lipinski definition) is 6. The molecule has 39 heavy (non-hydrogen) atoms. The Kier molecular flexibility index (Phi) is 10.6. The molecule has 3 rings (SSSR count). The fourth-order valence-corrected chi connectivity index (χ4v) is 4.44. The van der Waals surface area contributed by atoms with Crippen LogP contribution in [0.2, 0.25) is 0 Å². The number of benzene rings is 3. The van der Waals surface area contributed by atoms with E-state index in [1.165, 1.54) is 4.90 Å². The summed E-state index contributed by atoms with van der Waals surface area (Å²) < 4.78 is 10.6. The number of hydrogen-bond donors (Lipinski definition) is 2. The zero-order valence-corrected chi connectivity index (χ0v) is 22.8. The summed E-state index contributed by atoms with van der Waals surface area (Å²) in [6.07, 6.45) is 0.892. The van der Waals surface area contributed by atoms with E-state index < -0.39 is 24.1 Å².